The van der Waals surface area contributed by atoms with Gasteiger partial charge in [-0.3, -0.25) is 9.78 Å². The largest absolute Gasteiger partial charge is 0.341 e. The minimum atomic E-state index is 0.0781. The van der Waals surface area contributed by atoms with Gasteiger partial charge in [0.05, 0.1) is 11.9 Å². The van der Waals surface area contributed by atoms with E-state index in [0.29, 0.717) is 12.1 Å². The number of carbonyl (C=O) groups excluding carboxylic acids is 1. The Hall–Kier alpha value is -2.16. The average Bonchev–Trinajstić information content (AvgIpc) is 2.49. The minimum absolute atomic E-state index is 0.0781. The van der Waals surface area contributed by atoms with Gasteiger partial charge >= 0.3 is 0 Å². The molecule has 2 aromatic rings. The summed E-state index contributed by atoms with van der Waals surface area (Å²) in [5.41, 5.74) is 2.66. The summed E-state index contributed by atoms with van der Waals surface area (Å²) in [6.45, 7) is 4.80. The number of benzene rings is 1. The third kappa shape index (κ3) is 2.99. The van der Waals surface area contributed by atoms with E-state index in [0.717, 1.165) is 17.9 Å². The van der Waals surface area contributed by atoms with Crippen LogP contribution in [0.2, 0.25) is 0 Å². The molecule has 0 bridgehead atoms. The molecular formula is C16H18N2O. The molecule has 0 aliphatic heterocycles. The molecule has 19 heavy (non-hydrogen) atoms. The van der Waals surface area contributed by atoms with Crippen molar-refractivity contribution < 1.29 is 4.79 Å². The van der Waals surface area contributed by atoms with Crippen molar-refractivity contribution in [1.29, 1.82) is 0 Å². The van der Waals surface area contributed by atoms with Crippen LogP contribution in [0.15, 0.2) is 48.7 Å². The summed E-state index contributed by atoms with van der Waals surface area (Å²) < 4.78 is 0. The van der Waals surface area contributed by atoms with Crippen LogP contribution in [-0.4, -0.2) is 17.3 Å². The Morgan fingerprint density at radius 3 is 2.32 bits per heavy atom. The first-order valence-electron chi connectivity index (χ1n) is 6.58. The van der Waals surface area contributed by atoms with Crippen molar-refractivity contribution >= 4 is 17.2 Å². The van der Waals surface area contributed by atoms with Crippen molar-refractivity contribution in [3.8, 4) is 0 Å². The maximum Gasteiger partial charge on any atom is 0.180 e. The van der Waals surface area contributed by atoms with Crippen molar-refractivity contribution in [3.63, 3.8) is 0 Å². The van der Waals surface area contributed by atoms with Gasteiger partial charge in [-0.25, -0.2) is 0 Å². The molecule has 1 heterocycles. The van der Waals surface area contributed by atoms with E-state index in [1.54, 1.807) is 12.3 Å². The fraction of sp³-hybridized carbons (Fsp3) is 0.250. The second kappa shape index (κ2) is 6.14. The number of hydrogen-bond donors (Lipinski definition) is 0. The molecule has 0 saturated heterocycles. The predicted octanol–water partition coefficient (Wildman–Crippen LogP) is 3.83. The van der Waals surface area contributed by atoms with Crippen LogP contribution >= 0.6 is 0 Å². The van der Waals surface area contributed by atoms with Gasteiger partial charge in [0, 0.05) is 18.7 Å². The summed E-state index contributed by atoms with van der Waals surface area (Å²) in [4.78, 5) is 18.0. The monoisotopic (exact) mass is 254 g/mol. The van der Waals surface area contributed by atoms with E-state index in [2.05, 4.69) is 28.9 Å². The molecule has 0 aliphatic carbocycles. The fourth-order valence-electron chi connectivity index (χ4n) is 2.01. The zero-order valence-electron chi connectivity index (χ0n) is 11.3. The van der Waals surface area contributed by atoms with Gasteiger partial charge in [0.25, 0.3) is 0 Å². The number of aromatic nitrogens is 1. The number of para-hydroxylation sites is 1. The molecule has 0 fully saturated rings. The van der Waals surface area contributed by atoms with E-state index in [1.165, 1.54) is 0 Å². The Kier molecular flexibility index (Phi) is 4.29. The molecule has 0 atom stereocenters. The van der Waals surface area contributed by atoms with Crippen molar-refractivity contribution in [2.24, 2.45) is 0 Å². The molecule has 0 saturated carbocycles. The lowest BCUT2D eigenvalue weighted by atomic mass is 10.2. The highest BCUT2D eigenvalue weighted by Gasteiger charge is 2.09. The molecule has 3 heteroatoms. The van der Waals surface area contributed by atoms with E-state index in [4.69, 9.17) is 0 Å². The number of ketones is 1. The van der Waals surface area contributed by atoms with Crippen molar-refractivity contribution in [2.75, 3.05) is 11.4 Å². The van der Waals surface area contributed by atoms with Gasteiger partial charge in [0.15, 0.2) is 5.78 Å². The molecule has 1 aromatic carbocycles. The summed E-state index contributed by atoms with van der Waals surface area (Å²) in [6.07, 6.45) is 2.25. The molecular weight excluding hydrogens is 236 g/mol. The molecule has 0 spiro atoms. The highest BCUT2D eigenvalue weighted by Crippen LogP contribution is 2.24. The van der Waals surface area contributed by atoms with Gasteiger partial charge in [-0.1, -0.05) is 25.1 Å². The third-order valence-corrected chi connectivity index (χ3v) is 3.05. The number of Topliss-reactive ketones (excluding diaryl/α,β-unsaturated/α-hetero) is 1. The topological polar surface area (TPSA) is 33.2 Å². The Morgan fingerprint density at radius 2 is 1.79 bits per heavy atom. The van der Waals surface area contributed by atoms with Gasteiger partial charge < -0.3 is 4.90 Å². The van der Waals surface area contributed by atoms with Crippen LogP contribution in [0.25, 0.3) is 0 Å². The Morgan fingerprint density at radius 1 is 1.05 bits per heavy atom. The lowest BCUT2D eigenvalue weighted by molar-refractivity contribution is 0.0983. The van der Waals surface area contributed by atoms with Crippen molar-refractivity contribution in [2.45, 2.75) is 20.3 Å². The fourth-order valence-corrected chi connectivity index (χ4v) is 2.01. The van der Waals surface area contributed by atoms with Crippen LogP contribution in [0, 0.1) is 0 Å². The second-order valence-corrected chi connectivity index (χ2v) is 4.26. The van der Waals surface area contributed by atoms with E-state index < -0.39 is 0 Å². The molecule has 98 valence electrons. The molecule has 3 nitrogen and oxygen atoms in total. The first-order chi connectivity index (χ1) is 9.26. The zero-order valence-corrected chi connectivity index (χ0v) is 11.3. The molecule has 0 N–H and O–H groups in total. The van der Waals surface area contributed by atoms with Crippen LogP contribution in [0.1, 0.15) is 30.8 Å². The number of nitrogens with zero attached hydrogens (tertiary/aromatic N) is 2. The summed E-state index contributed by atoms with van der Waals surface area (Å²) in [5, 5.41) is 0. The normalized spacial score (nSPS) is 10.2. The summed E-state index contributed by atoms with van der Waals surface area (Å²) >= 11 is 0. The number of carbonyl (C=O) groups is 1. The SMILES string of the molecule is CCC(=O)c1ccc(N(CC)c2ccccc2)cn1. The van der Waals surface area contributed by atoms with Gasteiger partial charge in [-0.2, -0.15) is 0 Å². The van der Waals surface area contributed by atoms with Gasteiger partial charge in [0.2, 0.25) is 0 Å². The number of rotatable bonds is 5. The highest BCUT2D eigenvalue weighted by molar-refractivity contribution is 5.94. The second-order valence-electron chi connectivity index (χ2n) is 4.26. The first kappa shape index (κ1) is 13.3. The smallest absolute Gasteiger partial charge is 0.180 e. The van der Waals surface area contributed by atoms with Gasteiger partial charge in [-0.15, -0.1) is 0 Å². The maximum absolute atomic E-state index is 11.6. The maximum atomic E-state index is 11.6. The lowest BCUT2D eigenvalue weighted by Gasteiger charge is -2.22. The van der Waals surface area contributed by atoms with Crippen LogP contribution in [0.4, 0.5) is 11.4 Å². The Labute approximate surface area is 113 Å². The first-order valence-corrected chi connectivity index (χ1v) is 6.58. The van der Waals surface area contributed by atoms with E-state index >= 15 is 0 Å². The number of anilines is 2. The van der Waals surface area contributed by atoms with Crippen LogP contribution in [0.5, 0.6) is 0 Å². The van der Waals surface area contributed by atoms with Gasteiger partial charge in [0.1, 0.15) is 5.69 Å². The zero-order chi connectivity index (χ0) is 13.7. The van der Waals surface area contributed by atoms with Crippen LogP contribution in [0.3, 0.4) is 0 Å². The summed E-state index contributed by atoms with van der Waals surface area (Å²) in [6, 6.07) is 13.9. The van der Waals surface area contributed by atoms with E-state index in [1.807, 2.05) is 31.2 Å². The van der Waals surface area contributed by atoms with E-state index in [9.17, 15) is 4.79 Å². The Bertz CT molecular complexity index is 534. The quantitative estimate of drug-likeness (QED) is 0.760. The van der Waals surface area contributed by atoms with Crippen molar-refractivity contribution in [3.05, 3.63) is 54.4 Å². The molecule has 0 amide bonds. The molecule has 0 radical (unpaired) electrons. The van der Waals surface area contributed by atoms with Crippen LogP contribution in [-0.2, 0) is 0 Å². The standard InChI is InChI=1S/C16H18N2O/c1-3-16(19)15-11-10-14(12-17-15)18(4-2)13-8-6-5-7-9-13/h5-12H,3-4H2,1-2H3. The van der Waals surface area contributed by atoms with Gasteiger partial charge in [-0.05, 0) is 31.2 Å². The predicted molar refractivity (Wildman–Crippen MR) is 78.0 cm³/mol. The Balaban J connectivity index is 2.27. The summed E-state index contributed by atoms with van der Waals surface area (Å²) in [7, 11) is 0. The molecule has 0 unspecified atom stereocenters. The van der Waals surface area contributed by atoms with E-state index in [-0.39, 0.29) is 5.78 Å². The number of pyridine rings is 1. The van der Waals surface area contributed by atoms with Crippen LogP contribution < -0.4 is 4.90 Å². The number of hydrogen-bond acceptors (Lipinski definition) is 3. The third-order valence-electron chi connectivity index (χ3n) is 3.05. The minimum Gasteiger partial charge on any atom is -0.341 e. The lowest BCUT2D eigenvalue weighted by Crippen LogP contribution is -2.16. The molecule has 1 aromatic heterocycles. The highest BCUT2D eigenvalue weighted by atomic mass is 16.1. The summed E-state index contributed by atoms with van der Waals surface area (Å²) in [5.74, 6) is 0.0781. The van der Waals surface area contributed by atoms with Crippen molar-refractivity contribution in [1.82, 2.24) is 4.98 Å². The molecule has 0 aliphatic rings. The molecule has 2 rings (SSSR count). The average molecular weight is 254 g/mol.